The SMILES string of the molecule is CCNc1cc(C(=O)NCCCN(CC)CC)cc(Cl)n1. The standard InChI is InChI=1S/C15H25ClN4O/c1-4-17-14-11-12(10-13(16)19-14)15(21)18-8-7-9-20(5-2)6-3/h10-11H,4-9H2,1-3H3,(H,17,19)(H,18,21). The molecule has 0 saturated heterocycles. The molecule has 1 aromatic rings. The quantitative estimate of drug-likeness (QED) is 0.543. The number of carbonyl (C=O) groups is 1. The summed E-state index contributed by atoms with van der Waals surface area (Å²) in [4.78, 5) is 18.5. The Kier molecular flexibility index (Phi) is 8.08. The first-order valence-corrected chi connectivity index (χ1v) is 7.90. The van der Waals surface area contributed by atoms with Gasteiger partial charge >= 0.3 is 0 Å². The Labute approximate surface area is 132 Å². The van der Waals surface area contributed by atoms with Crippen molar-refractivity contribution >= 4 is 23.3 Å². The van der Waals surface area contributed by atoms with Crippen LogP contribution in [-0.4, -0.2) is 48.5 Å². The first-order valence-electron chi connectivity index (χ1n) is 7.52. The van der Waals surface area contributed by atoms with Gasteiger partial charge in [0.05, 0.1) is 0 Å². The number of pyridine rings is 1. The molecule has 6 heteroatoms. The molecule has 0 bridgehead atoms. The van der Waals surface area contributed by atoms with Crippen LogP contribution in [-0.2, 0) is 0 Å². The van der Waals surface area contributed by atoms with Crippen LogP contribution in [0.1, 0.15) is 37.6 Å². The second kappa shape index (κ2) is 9.58. The number of hydrogen-bond acceptors (Lipinski definition) is 4. The largest absolute Gasteiger partial charge is 0.370 e. The average molecular weight is 313 g/mol. The molecule has 1 aromatic heterocycles. The van der Waals surface area contributed by atoms with Gasteiger partial charge in [0.15, 0.2) is 0 Å². The summed E-state index contributed by atoms with van der Waals surface area (Å²) in [5, 5.41) is 6.30. The summed E-state index contributed by atoms with van der Waals surface area (Å²) >= 11 is 5.93. The van der Waals surface area contributed by atoms with Crippen LogP contribution >= 0.6 is 11.6 Å². The smallest absolute Gasteiger partial charge is 0.251 e. The van der Waals surface area contributed by atoms with Gasteiger partial charge in [0, 0.05) is 18.7 Å². The van der Waals surface area contributed by atoms with Crippen LogP contribution in [0.3, 0.4) is 0 Å². The average Bonchev–Trinajstić information content (AvgIpc) is 2.47. The molecule has 2 N–H and O–H groups in total. The minimum atomic E-state index is -0.113. The van der Waals surface area contributed by atoms with Gasteiger partial charge in [-0.05, 0) is 45.1 Å². The molecule has 0 aliphatic carbocycles. The highest BCUT2D eigenvalue weighted by Crippen LogP contribution is 2.14. The van der Waals surface area contributed by atoms with Crippen LogP contribution in [0.5, 0.6) is 0 Å². The normalized spacial score (nSPS) is 10.7. The van der Waals surface area contributed by atoms with E-state index in [9.17, 15) is 4.79 Å². The fourth-order valence-electron chi connectivity index (χ4n) is 2.05. The summed E-state index contributed by atoms with van der Waals surface area (Å²) in [6.45, 7) is 10.7. The molecule has 1 amide bonds. The van der Waals surface area contributed by atoms with E-state index >= 15 is 0 Å². The molecule has 0 aliphatic heterocycles. The fraction of sp³-hybridized carbons (Fsp3) is 0.600. The predicted molar refractivity (Wildman–Crippen MR) is 88.1 cm³/mol. The van der Waals surface area contributed by atoms with E-state index in [-0.39, 0.29) is 5.91 Å². The summed E-state index contributed by atoms with van der Waals surface area (Å²) in [7, 11) is 0. The van der Waals surface area contributed by atoms with Crippen LogP contribution in [0.15, 0.2) is 12.1 Å². The number of rotatable bonds is 9. The Hall–Kier alpha value is -1.33. The van der Waals surface area contributed by atoms with Crippen molar-refractivity contribution in [3.63, 3.8) is 0 Å². The van der Waals surface area contributed by atoms with Gasteiger partial charge < -0.3 is 15.5 Å². The van der Waals surface area contributed by atoms with Crippen molar-refractivity contribution in [2.75, 3.05) is 38.0 Å². The van der Waals surface area contributed by atoms with Crippen LogP contribution in [0.2, 0.25) is 5.15 Å². The molecule has 1 heterocycles. The Morgan fingerprint density at radius 2 is 2.00 bits per heavy atom. The lowest BCUT2D eigenvalue weighted by Gasteiger charge is -2.17. The van der Waals surface area contributed by atoms with Crippen molar-refractivity contribution in [3.05, 3.63) is 22.8 Å². The van der Waals surface area contributed by atoms with E-state index in [1.165, 1.54) is 0 Å². The van der Waals surface area contributed by atoms with Crippen molar-refractivity contribution in [2.24, 2.45) is 0 Å². The lowest BCUT2D eigenvalue weighted by Crippen LogP contribution is -2.30. The molecule has 0 fully saturated rings. The van der Waals surface area contributed by atoms with Crippen molar-refractivity contribution in [1.29, 1.82) is 0 Å². The first kappa shape index (κ1) is 17.7. The monoisotopic (exact) mass is 312 g/mol. The number of carbonyl (C=O) groups excluding carboxylic acids is 1. The summed E-state index contributed by atoms with van der Waals surface area (Å²) in [5.41, 5.74) is 0.536. The second-order valence-corrected chi connectivity index (χ2v) is 5.12. The third kappa shape index (κ3) is 6.31. The minimum absolute atomic E-state index is 0.113. The van der Waals surface area contributed by atoms with Crippen LogP contribution in [0, 0.1) is 0 Å². The van der Waals surface area contributed by atoms with Gasteiger partial charge in [0.1, 0.15) is 11.0 Å². The molecule has 0 radical (unpaired) electrons. The molecule has 0 aliphatic rings. The van der Waals surface area contributed by atoms with E-state index in [1.807, 2.05) is 6.92 Å². The Morgan fingerprint density at radius 1 is 1.29 bits per heavy atom. The number of nitrogens with one attached hydrogen (secondary N) is 2. The van der Waals surface area contributed by atoms with Crippen LogP contribution in [0.25, 0.3) is 0 Å². The molecule has 0 spiro atoms. The van der Waals surface area contributed by atoms with Gasteiger partial charge in [-0.25, -0.2) is 4.98 Å². The van der Waals surface area contributed by atoms with Crippen molar-refractivity contribution in [3.8, 4) is 0 Å². The zero-order valence-corrected chi connectivity index (χ0v) is 13.8. The number of nitrogens with zero attached hydrogens (tertiary/aromatic N) is 2. The topological polar surface area (TPSA) is 57.3 Å². The van der Waals surface area contributed by atoms with Gasteiger partial charge in [-0.2, -0.15) is 0 Å². The number of halogens is 1. The van der Waals surface area contributed by atoms with Crippen molar-refractivity contribution < 1.29 is 4.79 Å². The highest BCUT2D eigenvalue weighted by atomic mass is 35.5. The Balaban J connectivity index is 2.48. The lowest BCUT2D eigenvalue weighted by molar-refractivity contribution is 0.0951. The second-order valence-electron chi connectivity index (χ2n) is 4.73. The molecule has 21 heavy (non-hydrogen) atoms. The number of hydrogen-bond donors (Lipinski definition) is 2. The molecule has 0 aromatic carbocycles. The summed E-state index contributed by atoms with van der Waals surface area (Å²) < 4.78 is 0. The number of anilines is 1. The highest BCUT2D eigenvalue weighted by Gasteiger charge is 2.09. The first-order chi connectivity index (χ1) is 10.1. The summed E-state index contributed by atoms with van der Waals surface area (Å²) in [6, 6.07) is 3.30. The van der Waals surface area contributed by atoms with E-state index in [4.69, 9.17) is 11.6 Å². The van der Waals surface area contributed by atoms with E-state index < -0.39 is 0 Å². The number of aromatic nitrogens is 1. The molecule has 0 unspecified atom stereocenters. The van der Waals surface area contributed by atoms with Gasteiger partial charge in [-0.1, -0.05) is 25.4 Å². The molecule has 118 valence electrons. The van der Waals surface area contributed by atoms with Crippen molar-refractivity contribution in [1.82, 2.24) is 15.2 Å². The van der Waals surface area contributed by atoms with E-state index in [0.29, 0.717) is 23.1 Å². The van der Waals surface area contributed by atoms with Crippen molar-refractivity contribution in [2.45, 2.75) is 27.2 Å². The third-order valence-corrected chi connectivity index (χ3v) is 3.44. The molecule has 0 atom stereocenters. The van der Waals surface area contributed by atoms with E-state index in [1.54, 1.807) is 12.1 Å². The van der Waals surface area contributed by atoms with Gasteiger partial charge in [0.25, 0.3) is 5.91 Å². The maximum Gasteiger partial charge on any atom is 0.251 e. The molecule has 5 nitrogen and oxygen atoms in total. The van der Waals surface area contributed by atoms with Gasteiger partial charge in [-0.15, -0.1) is 0 Å². The fourth-order valence-corrected chi connectivity index (χ4v) is 2.25. The highest BCUT2D eigenvalue weighted by molar-refractivity contribution is 6.29. The number of amides is 1. The van der Waals surface area contributed by atoms with Gasteiger partial charge in [0.2, 0.25) is 0 Å². The third-order valence-electron chi connectivity index (χ3n) is 3.25. The Bertz CT molecular complexity index is 449. The molecular formula is C15H25ClN4O. The van der Waals surface area contributed by atoms with Crippen LogP contribution < -0.4 is 10.6 Å². The lowest BCUT2D eigenvalue weighted by atomic mass is 10.2. The molecular weight excluding hydrogens is 288 g/mol. The maximum atomic E-state index is 12.1. The predicted octanol–water partition coefficient (Wildman–Crippen LogP) is 2.63. The summed E-state index contributed by atoms with van der Waals surface area (Å²) in [6.07, 6.45) is 0.937. The Morgan fingerprint density at radius 3 is 2.62 bits per heavy atom. The zero-order chi connectivity index (χ0) is 15.7. The van der Waals surface area contributed by atoms with Gasteiger partial charge in [-0.3, -0.25) is 4.79 Å². The van der Waals surface area contributed by atoms with Crippen LogP contribution in [0.4, 0.5) is 5.82 Å². The minimum Gasteiger partial charge on any atom is -0.370 e. The van der Waals surface area contributed by atoms with E-state index in [0.717, 1.165) is 32.6 Å². The molecule has 1 rings (SSSR count). The maximum absolute atomic E-state index is 12.1. The van der Waals surface area contributed by atoms with E-state index in [2.05, 4.69) is 34.4 Å². The summed E-state index contributed by atoms with van der Waals surface area (Å²) in [5.74, 6) is 0.510. The zero-order valence-electron chi connectivity index (χ0n) is 13.1. The molecule has 0 saturated carbocycles.